The molecule has 6 unspecified atom stereocenters. The summed E-state index contributed by atoms with van der Waals surface area (Å²) in [5.74, 6) is 2.28. The van der Waals surface area contributed by atoms with Crippen LogP contribution in [0.15, 0.2) is 83.6 Å². The summed E-state index contributed by atoms with van der Waals surface area (Å²) in [7, 11) is 0. The molecule has 4 aliphatic rings. The monoisotopic (exact) mass is 1140 g/mol. The summed E-state index contributed by atoms with van der Waals surface area (Å²) in [4.78, 5) is 31.0. The summed E-state index contributed by atoms with van der Waals surface area (Å²) >= 11 is 4.19. The van der Waals surface area contributed by atoms with Crippen molar-refractivity contribution in [2.75, 3.05) is 26.2 Å². The number of amides is 2. The Hall–Kier alpha value is -1.69. The Labute approximate surface area is 422 Å². The molecule has 2 aliphatic heterocycles. The number of unbranched alkanes of at least 4 members (excludes halogenated alkanes) is 9. The summed E-state index contributed by atoms with van der Waals surface area (Å²) in [5.41, 5.74) is 4.11. The van der Waals surface area contributed by atoms with E-state index in [-0.39, 0.29) is 30.1 Å². The van der Waals surface area contributed by atoms with E-state index in [4.69, 9.17) is 0 Å². The zero-order valence-corrected chi connectivity index (χ0v) is 47.3. The Kier molecular flexibility index (Phi) is 21.5. The molecule has 2 aromatic carbocycles. The average Bonchev–Trinajstić information content (AvgIpc) is 3.77. The van der Waals surface area contributed by atoms with Crippen LogP contribution in [0.2, 0.25) is 13.3 Å². The van der Waals surface area contributed by atoms with Crippen LogP contribution in [0, 0.1) is 27.2 Å². The SMILES string of the molecule is C.CCCCCCN1CC2C(C1=O)C2(C)c1cccc(-c2cccs2)c1.CCCCCCN1CC2C(C1=O)C2(C)c1cccc(I)c1.CCC[CH2][Sn]([CH2]CCC)([CH2]CCC)[c]1cccs1. The van der Waals surface area contributed by atoms with Gasteiger partial charge in [-0.2, -0.15) is 0 Å². The second-order valence-corrected chi connectivity index (χ2v) is 37.4. The molecule has 0 radical (unpaired) electrons. The van der Waals surface area contributed by atoms with E-state index in [9.17, 15) is 9.59 Å². The van der Waals surface area contributed by atoms with Crippen molar-refractivity contribution in [1.82, 2.24) is 9.80 Å². The van der Waals surface area contributed by atoms with Crippen molar-refractivity contribution in [3.8, 4) is 10.4 Å². The van der Waals surface area contributed by atoms with Crippen LogP contribution < -0.4 is 2.89 Å². The number of carbonyl (C=O) groups excluding carboxylic acids is 2. The van der Waals surface area contributed by atoms with E-state index in [0.29, 0.717) is 23.7 Å². The van der Waals surface area contributed by atoms with Gasteiger partial charge in [0, 0.05) is 45.5 Å². The van der Waals surface area contributed by atoms with Gasteiger partial charge in [0.05, 0.1) is 11.8 Å². The topological polar surface area (TPSA) is 40.6 Å². The molecule has 2 amide bonds. The molecule has 0 spiro atoms. The second kappa shape index (κ2) is 25.8. The Bertz CT molecular complexity index is 2020. The molecule has 2 saturated heterocycles. The van der Waals surface area contributed by atoms with Crippen LogP contribution in [0.1, 0.15) is 157 Å². The summed E-state index contributed by atoms with van der Waals surface area (Å²) < 4.78 is 7.93. The summed E-state index contributed by atoms with van der Waals surface area (Å²) in [6.07, 6.45) is 18.4. The number of hydrogen-bond acceptors (Lipinski definition) is 4. The molecular formula is C57H85IN2O2S2Sn. The number of benzene rings is 2. The van der Waals surface area contributed by atoms with E-state index in [1.54, 1.807) is 24.6 Å². The Morgan fingerprint density at radius 2 is 1.06 bits per heavy atom. The van der Waals surface area contributed by atoms with Gasteiger partial charge in [-0.25, -0.2) is 0 Å². The quantitative estimate of drug-likeness (QED) is 0.0422. The number of hydrogen-bond donors (Lipinski definition) is 0. The molecule has 65 heavy (non-hydrogen) atoms. The van der Waals surface area contributed by atoms with Crippen LogP contribution in [0.4, 0.5) is 0 Å². The maximum atomic E-state index is 12.8. The predicted molar refractivity (Wildman–Crippen MR) is 295 cm³/mol. The average molecular weight is 1140 g/mol. The van der Waals surface area contributed by atoms with Crippen LogP contribution >= 0.6 is 45.3 Å². The van der Waals surface area contributed by atoms with Crippen molar-refractivity contribution in [2.45, 2.75) is 170 Å². The van der Waals surface area contributed by atoms with Crippen molar-refractivity contribution in [3.05, 3.63) is 98.3 Å². The maximum absolute atomic E-state index is 12.8. The van der Waals surface area contributed by atoms with Crippen molar-refractivity contribution >= 4 is 78.3 Å². The summed E-state index contributed by atoms with van der Waals surface area (Å²) in [6, 6.07) is 26.6. The minimum atomic E-state index is -2.01. The van der Waals surface area contributed by atoms with E-state index in [0.717, 1.165) is 32.6 Å². The van der Waals surface area contributed by atoms with Crippen LogP contribution in [-0.4, -0.2) is 66.2 Å². The summed E-state index contributed by atoms with van der Waals surface area (Å²) in [6.45, 7) is 19.9. The molecule has 6 atom stereocenters. The molecular weight excluding hydrogens is 1050 g/mol. The van der Waals surface area contributed by atoms with E-state index in [2.05, 4.69) is 176 Å². The van der Waals surface area contributed by atoms with E-state index in [1.165, 1.54) is 109 Å². The van der Waals surface area contributed by atoms with Gasteiger partial charge in [0.25, 0.3) is 0 Å². The van der Waals surface area contributed by atoms with Gasteiger partial charge in [-0.1, -0.05) is 110 Å². The molecule has 2 aliphatic carbocycles. The van der Waals surface area contributed by atoms with Gasteiger partial charge in [0.15, 0.2) is 0 Å². The second-order valence-electron chi connectivity index (χ2n) is 20.1. The first-order valence-electron chi connectivity index (χ1n) is 25.6. The van der Waals surface area contributed by atoms with E-state index < -0.39 is 18.4 Å². The molecule has 4 heterocycles. The molecule has 0 bridgehead atoms. The number of fused-ring (bicyclic) bond motifs is 2. The van der Waals surface area contributed by atoms with Crippen LogP contribution in [-0.2, 0) is 20.4 Å². The molecule has 4 nitrogen and oxygen atoms in total. The third-order valence-corrected chi connectivity index (χ3v) is 36.6. The van der Waals surface area contributed by atoms with E-state index in [1.807, 2.05) is 2.89 Å². The zero-order chi connectivity index (χ0) is 45.7. The third-order valence-electron chi connectivity index (χ3n) is 15.8. The fourth-order valence-corrected chi connectivity index (χ4v) is 32.6. The number of carbonyl (C=O) groups is 2. The van der Waals surface area contributed by atoms with Crippen LogP contribution in [0.3, 0.4) is 0 Å². The number of rotatable bonds is 23. The number of halogens is 1. The molecule has 0 N–H and O–H groups in total. The van der Waals surface area contributed by atoms with Crippen LogP contribution in [0.25, 0.3) is 10.4 Å². The molecule has 8 heteroatoms. The molecule has 358 valence electrons. The number of piperidine rings is 2. The van der Waals surface area contributed by atoms with Crippen molar-refractivity contribution in [1.29, 1.82) is 0 Å². The van der Waals surface area contributed by atoms with E-state index >= 15 is 0 Å². The van der Waals surface area contributed by atoms with Gasteiger partial charge >= 0.3 is 123 Å². The number of nitrogens with zero attached hydrogens (tertiary/aromatic N) is 2. The minimum absolute atomic E-state index is 0. The van der Waals surface area contributed by atoms with Gasteiger partial charge in [0.2, 0.25) is 11.8 Å². The number of thiophene rings is 2. The van der Waals surface area contributed by atoms with Crippen molar-refractivity contribution < 1.29 is 9.59 Å². The Morgan fingerprint density at radius 3 is 1.48 bits per heavy atom. The fraction of sp³-hybridized carbons (Fsp3) is 0.614. The molecule has 2 aromatic heterocycles. The zero-order valence-electron chi connectivity index (χ0n) is 40.6. The fourth-order valence-electron chi connectivity index (χ4n) is 11.5. The third kappa shape index (κ3) is 12.8. The van der Waals surface area contributed by atoms with Gasteiger partial charge in [-0.05, 0) is 93.6 Å². The Balaban J connectivity index is 0.000000185. The molecule has 4 fully saturated rings. The molecule has 4 aromatic rings. The molecule has 2 saturated carbocycles. The first kappa shape index (κ1) is 54.3. The first-order valence-corrected chi connectivity index (χ1v) is 35.9. The van der Waals surface area contributed by atoms with Crippen molar-refractivity contribution in [2.24, 2.45) is 23.7 Å². The molecule has 8 rings (SSSR count). The van der Waals surface area contributed by atoms with Gasteiger partial charge in [-0.3, -0.25) is 9.59 Å². The standard InChI is InChI=1S/C22H27NOS.C18H24INO.C4H3S.3C4H9.CH4.Sn/c1-3-4-5-6-12-23-15-18-20(21(23)24)22(18,2)17-10-7-9-16(14-17)19-11-8-13-25-19;1-3-4-5-6-10-20-12-15-16(17(20)21)18(15,2)13-8-7-9-14(19)11-13;1-2-4-5-3-1;3*1-3-4-2;;/h7-11,13-14,18,20H,3-6,12,15H2,1-2H3;7-9,11,15-16H,3-6,10,12H2,1-2H3;1-3H;3*1,3-4H2,2H3;1H4;. The van der Waals surface area contributed by atoms with Gasteiger partial charge < -0.3 is 9.80 Å². The Morgan fingerprint density at radius 1 is 0.585 bits per heavy atom. The van der Waals surface area contributed by atoms with Crippen molar-refractivity contribution in [3.63, 3.8) is 0 Å². The predicted octanol–water partition coefficient (Wildman–Crippen LogP) is 16.0. The van der Waals surface area contributed by atoms with Crippen LogP contribution in [0.5, 0.6) is 0 Å². The van der Waals surface area contributed by atoms with Gasteiger partial charge in [0.1, 0.15) is 0 Å². The van der Waals surface area contributed by atoms with Gasteiger partial charge in [-0.15, -0.1) is 11.3 Å². The summed E-state index contributed by atoms with van der Waals surface area (Å²) in [5, 5.41) is 4.43. The normalized spacial score (nSPS) is 23.8. The number of likely N-dealkylation sites (tertiary alicyclic amines) is 2. The first-order chi connectivity index (χ1) is 31.0.